The van der Waals surface area contributed by atoms with E-state index in [0.717, 1.165) is 5.69 Å². The molecule has 0 aliphatic carbocycles. The van der Waals surface area contributed by atoms with Gasteiger partial charge in [-0.2, -0.15) is 9.78 Å². The second kappa shape index (κ2) is 6.16. The highest BCUT2D eigenvalue weighted by molar-refractivity contribution is 6.12. The topological polar surface area (TPSA) is 61.4 Å². The number of hydrogen-bond acceptors (Lipinski definition) is 4. The van der Waals surface area contributed by atoms with Crippen molar-refractivity contribution in [3.8, 4) is 5.75 Å². The first kappa shape index (κ1) is 16.4. The molecule has 0 saturated carbocycles. The van der Waals surface area contributed by atoms with Gasteiger partial charge in [0.1, 0.15) is 17.3 Å². The SMILES string of the molecule is COc1ccc2nc3n(c(=O)c2c1)N=C(c1ccc(F)cc1)c1cccn1C3. The molecule has 7 heteroatoms. The third-order valence-corrected chi connectivity index (χ3v) is 4.82. The Labute approximate surface area is 159 Å². The van der Waals surface area contributed by atoms with Crippen molar-refractivity contribution in [3.63, 3.8) is 0 Å². The fraction of sp³-hybridized carbons (Fsp3) is 0.0952. The van der Waals surface area contributed by atoms with Crippen LogP contribution in [0.4, 0.5) is 4.39 Å². The lowest BCUT2D eigenvalue weighted by Gasteiger charge is -2.09. The van der Waals surface area contributed by atoms with Gasteiger partial charge in [-0.1, -0.05) is 0 Å². The molecule has 0 atom stereocenters. The largest absolute Gasteiger partial charge is 0.497 e. The lowest BCUT2D eigenvalue weighted by molar-refractivity contribution is 0.415. The van der Waals surface area contributed by atoms with Crippen molar-refractivity contribution in [1.29, 1.82) is 0 Å². The van der Waals surface area contributed by atoms with E-state index in [2.05, 4.69) is 10.1 Å². The maximum Gasteiger partial charge on any atom is 0.282 e. The highest BCUT2D eigenvalue weighted by Gasteiger charge is 2.21. The first-order valence-corrected chi connectivity index (χ1v) is 8.74. The summed E-state index contributed by atoms with van der Waals surface area (Å²) < 4.78 is 21.9. The molecular weight excluding hydrogens is 359 g/mol. The second-order valence-corrected chi connectivity index (χ2v) is 6.50. The summed E-state index contributed by atoms with van der Waals surface area (Å²) in [6.07, 6.45) is 1.91. The van der Waals surface area contributed by atoms with E-state index < -0.39 is 0 Å². The van der Waals surface area contributed by atoms with E-state index in [1.807, 2.05) is 22.9 Å². The van der Waals surface area contributed by atoms with Crippen molar-refractivity contribution >= 4 is 16.6 Å². The minimum atomic E-state index is -0.328. The van der Waals surface area contributed by atoms with Gasteiger partial charge in [-0.05, 0) is 54.6 Å². The van der Waals surface area contributed by atoms with Gasteiger partial charge in [0.05, 0.1) is 30.3 Å². The Morgan fingerprint density at radius 2 is 1.93 bits per heavy atom. The van der Waals surface area contributed by atoms with Gasteiger partial charge in [-0.25, -0.2) is 9.37 Å². The fourth-order valence-corrected chi connectivity index (χ4v) is 3.42. The molecule has 0 fully saturated rings. The third-order valence-electron chi connectivity index (χ3n) is 4.82. The van der Waals surface area contributed by atoms with Crippen LogP contribution in [0, 0.1) is 5.82 Å². The molecule has 1 aliphatic heterocycles. The molecule has 28 heavy (non-hydrogen) atoms. The van der Waals surface area contributed by atoms with Gasteiger partial charge in [-0.15, -0.1) is 0 Å². The number of hydrogen-bond donors (Lipinski definition) is 0. The van der Waals surface area contributed by atoms with Crippen LogP contribution in [0.5, 0.6) is 5.75 Å². The van der Waals surface area contributed by atoms with Gasteiger partial charge in [-0.3, -0.25) is 4.79 Å². The molecule has 0 saturated heterocycles. The van der Waals surface area contributed by atoms with Gasteiger partial charge < -0.3 is 9.30 Å². The minimum absolute atomic E-state index is 0.274. The van der Waals surface area contributed by atoms with E-state index in [9.17, 15) is 9.18 Å². The Morgan fingerprint density at radius 3 is 2.71 bits per heavy atom. The number of benzene rings is 2. The summed E-state index contributed by atoms with van der Waals surface area (Å²) in [7, 11) is 1.55. The predicted molar refractivity (Wildman–Crippen MR) is 104 cm³/mol. The van der Waals surface area contributed by atoms with Crippen LogP contribution in [0.15, 0.2) is 70.7 Å². The van der Waals surface area contributed by atoms with Crippen LogP contribution in [0.2, 0.25) is 0 Å². The highest BCUT2D eigenvalue weighted by Crippen LogP contribution is 2.21. The standard InChI is InChI=1S/C21H15FN4O2/c1-28-15-8-9-17-16(11-15)21(27)26-19(23-17)12-25-10-2-3-18(25)20(24-26)13-4-6-14(22)7-5-13/h2-11H,12H2,1H3. The molecule has 0 unspecified atom stereocenters. The maximum absolute atomic E-state index is 13.4. The summed E-state index contributed by atoms with van der Waals surface area (Å²) in [5, 5.41) is 5.06. The zero-order valence-electron chi connectivity index (χ0n) is 15.0. The van der Waals surface area contributed by atoms with E-state index in [1.54, 1.807) is 37.4 Å². The predicted octanol–water partition coefficient (Wildman–Crippen LogP) is 3.01. The zero-order chi connectivity index (χ0) is 19.3. The molecule has 1 aliphatic rings. The number of methoxy groups -OCH3 is 1. The normalized spacial score (nSPS) is 12.9. The van der Waals surface area contributed by atoms with Crippen molar-refractivity contribution in [2.24, 2.45) is 5.10 Å². The van der Waals surface area contributed by atoms with Gasteiger partial charge in [0, 0.05) is 11.8 Å². The number of ether oxygens (including phenoxy) is 1. The molecule has 6 nitrogen and oxygen atoms in total. The summed E-state index contributed by atoms with van der Waals surface area (Å²) >= 11 is 0. The van der Waals surface area contributed by atoms with E-state index >= 15 is 0 Å². The van der Waals surface area contributed by atoms with Crippen LogP contribution in [0.25, 0.3) is 10.9 Å². The van der Waals surface area contributed by atoms with Crippen molar-refractivity contribution < 1.29 is 9.13 Å². The number of halogens is 1. The molecule has 2 aromatic carbocycles. The zero-order valence-corrected chi connectivity index (χ0v) is 15.0. The Kier molecular flexibility index (Phi) is 3.61. The van der Waals surface area contributed by atoms with Crippen molar-refractivity contribution in [3.05, 3.63) is 94.0 Å². The van der Waals surface area contributed by atoms with Crippen molar-refractivity contribution in [2.75, 3.05) is 7.11 Å². The van der Waals surface area contributed by atoms with Crippen LogP contribution < -0.4 is 10.3 Å². The molecular formula is C21H15FN4O2. The van der Waals surface area contributed by atoms with E-state index in [0.29, 0.717) is 40.3 Å². The Hall–Kier alpha value is -3.74. The first-order chi connectivity index (χ1) is 13.6. The minimum Gasteiger partial charge on any atom is -0.497 e. The quantitative estimate of drug-likeness (QED) is 0.477. The monoisotopic (exact) mass is 374 g/mol. The molecule has 0 amide bonds. The number of aromatic nitrogens is 3. The average molecular weight is 374 g/mol. The maximum atomic E-state index is 13.4. The van der Waals surface area contributed by atoms with E-state index in [-0.39, 0.29) is 11.4 Å². The van der Waals surface area contributed by atoms with Gasteiger partial charge >= 0.3 is 0 Å². The van der Waals surface area contributed by atoms with Gasteiger partial charge in [0.25, 0.3) is 5.56 Å². The lowest BCUT2D eigenvalue weighted by Crippen LogP contribution is -2.23. The summed E-state index contributed by atoms with van der Waals surface area (Å²) in [6, 6.07) is 15.1. The summed E-state index contributed by atoms with van der Waals surface area (Å²) in [4.78, 5) is 17.8. The molecule has 3 heterocycles. The fourth-order valence-electron chi connectivity index (χ4n) is 3.42. The summed E-state index contributed by atoms with van der Waals surface area (Å²) in [5.41, 5.74) is 2.44. The third kappa shape index (κ3) is 2.51. The first-order valence-electron chi connectivity index (χ1n) is 8.74. The molecule has 0 bridgehead atoms. The Bertz CT molecular complexity index is 1300. The highest BCUT2D eigenvalue weighted by atomic mass is 19.1. The van der Waals surface area contributed by atoms with Crippen molar-refractivity contribution in [1.82, 2.24) is 14.2 Å². The molecule has 138 valence electrons. The van der Waals surface area contributed by atoms with Gasteiger partial charge in [0.2, 0.25) is 0 Å². The average Bonchev–Trinajstić information content (AvgIpc) is 3.10. The smallest absolute Gasteiger partial charge is 0.282 e. The second-order valence-electron chi connectivity index (χ2n) is 6.50. The molecule has 2 aromatic heterocycles. The Morgan fingerprint density at radius 1 is 1.11 bits per heavy atom. The number of nitrogens with zero attached hydrogens (tertiary/aromatic N) is 4. The summed E-state index contributed by atoms with van der Waals surface area (Å²) in [6.45, 7) is 0.397. The number of fused-ring (bicyclic) bond motifs is 3. The van der Waals surface area contributed by atoms with Crippen LogP contribution in [-0.2, 0) is 6.54 Å². The molecule has 0 N–H and O–H groups in total. The van der Waals surface area contributed by atoms with Crippen LogP contribution in [0.1, 0.15) is 17.1 Å². The molecule has 4 aromatic rings. The van der Waals surface area contributed by atoms with E-state index in [1.165, 1.54) is 16.8 Å². The molecule has 5 rings (SSSR count). The van der Waals surface area contributed by atoms with Crippen LogP contribution >= 0.6 is 0 Å². The van der Waals surface area contributed by atoms with E-state index in [4.69, 9.17) is 4.74 Å². The van der Waals surface area contributed by atoms with Crippen LogP contribution in [-0.4, -0.2) is 27.0 Å². The Balaban J connectivity index is 1.81. The lowest BCUT2D eigenvalue weighted by atomic mass is 10.1. The van der Waals surface area contributed by atoms with Gasteiger partial charge in [0.15, 0.2) is 5.82 Å². The molecule has 0 spiro atoms. The van der Waals surface area contributed by atoms with Crippen LogP contribution in [0.3, 0.4) is 0 Å². The summed E-state index contributed by atoms with van der Waals surface area (Å²) in [5.74, 6) is 0.775. The van der Waals surface area contributed by atoms with Crippen molar-refractivity contribution in [2.45, 2.75) is 6.54 Å². The number of rotatable bonds is 2. The molecule has 0 radical (unpaired) electrons.